The number of hydrogen-bond acceptors (Lipinski definition) is 5. The summed E-state index contributed by atoms with van der Waals surface area (Å²) in [5.41, 5.74) is 1.40. The lowest BCUT2D eigenvalue weighted by atomic mass is 10.1. The first kappa shape index (κ1) is 14.4. The van der Waals surface area contributed by atoms with Crippen LogP contribution >= 0.6 is 0 Å². The zero-order chi connectivity index (χ0) is 15.5. The molecule has 2 aromatic heterocycles. The number of hydrogen-bond donors (Lipinski definition) is 1. The number of ketones is 1. The Morgan fingerprint density at radius 1 is 1.55 bits per heavy atom. The van der Waals surface area contributed by atoms with E-state index in [0.717, 1.165) is 5.52 Å². The van der Waals surface area contributed by atoms with Crippen LogP contribution in [0, 0.1) is 0 Å². The van der Waals surface area contributed by atoms with Crippen molar-refractivity contribution in [3.05, 3.63) is 30.1 Å². The van der Waals surface area contributed by atoms with Gasteiger partial charge in [0.25, 0.3) is 0 Å². The van der Waals surface area contributed by atoms with Crippen LogP contribution in [0.15, 0.2) is 24.5 Å². The molecule has 7 nitrogen and oxygen atoms in total. The first-order chi connectivity index (χ1) is 10.7. The van der Waals surface area contributed by atoms with Crippen molar-refractivity contribution in [3.63, 3.8) is 0 Å². The summed E-state index contributed by atoms with van der Waals surface area (Å²) in [5, 5.41) is 6.88. The Kier molecular flexibility index (Phi) is 3.95. The normalized spacial score (nSPS) is 17.3. The highest BCUT2D eigenvalue weighted by Gasteiger charge is 2.21. The van der Waals surface area contributed by atoms with Crippen molar-refractivity contribution < 1.29 is 19.1 Å². The molecule has 1 N–H and O–H groups in total. The SMILES string of the molecule is CCC(=O)c1cnn2cc(OCC[C@H]3COC(=O)N3)ccc12. The minimum Gasteiger partial charge on any atom is -0.492 e. The molecule has 0 aromatic carbocycles. The average Bonchev–Trinajstić information content (AvgIpc) is 3.12. The summed E-state index contributed by atoms with van der Waals surface area (Å²) in [6, 6.07) is 3.63. The number of cyclic esters (lactones) is 1. The highest BCUT2D eigenvalue weighted by Crippen LogP contribution is 2.18. The van der Waals surface area contributed by atoms with Gasteiger partial charge in [-0.1, -0.05) is 6.92 Å². The smallest absolute Gasteiger partial charge is 0.407 e. The van der Waals surface area contributed by atoms with E-state index in [9.17, 15) is 9.59 Å². The third-order valence-corrected chi connectivity index (χ3v) is 3.58. The molecule has 1 aliphatic heterocycles. The molecular formula is C15H17N3O4. The second-order valence-corrected chi connectivity index (χ2v) is 5.11. The largest absolute Gasteiger partial charge is 0.492 e. The summed E-state index contributed by atoms with van der Waals surface area (Å²) < 4.78 is 12.1. The molecule has 0 spiro atoms. The summed E-state index contributed by atoms with van der Waals surface area (Å²) in [7, 11) is 0. The number of carbonyl (C=O) groups is 2. The number of amides is 1. The number of alkyl carbamates (subject to hydrolysis) is 1. The number of ether oxygens (including phenoxy) is 2. The topological polar surface area (TPSA) is 81.9 Å². The van der Waals surface area contributed by atoms with E-state index >= 15 is 0 Å². The molecule has 7 heteroatoms. The molecule has 2 aromatic rings. The number of nitrogens with one attached hydrogen (secondary N) is 1. The Morgan fingerprint density at radius 2 is 2.41 bits per heavy atom. The van der Waals surface area contributed by atoms with Crippen LogP contribution in [-0.4, -0.2) is 40.7 Å². The van der Waals surface area contributed by atoms with Gasteiger partial charge >= 0.3 is 6.09 Å². The van der Waals surface area contributed by atoms with Gasteiger partial charge in [0.2, 0.25) is 0 Å². The number of nitrogens with zero attached hydrogens (tertiary/aromatic N) is 2. The summed E-state index contributed by atoms with van der Waals surface area (Å²) in [6.45, 7) is 2.67. The predicted octanol–water partition coefficient (Wildman–Crippen LogP) is 1.80. The van der Waals surface area contributed by atoms with Crippen molar-refractivity contribution in [2.24, 2.45) is 0 Å². The van der Waals surface area contributed by atoms with Crippen molar-refractivity contribution in [3.8, 4) is 5.75 Å². The summed E-state index contributed by atoms with van der Waals surface area (Å²) in [4.78, 5) is 22.7. The molecule has 1 atom stereocenters. The Hall–Kier alpha value is -2.57. The number of pyridine rings is 1. The molecule has 0 radical (unpaired) electrons. The van der Waals surface area contributed by atoms with Gasteiger partial charge < -0.3 is 14.8 Å². The molecule has 22 heavy (non-hydrogen) atoms. The van der Waals surface area contributed by atoms with Crippen LogP contribution in [-0.2, 0) is 4.74 Å². The van der Waals surface area contributed by atoms with Gasteiger partial charge in [0, 0.05) is 12.8 Å². The van der Waals surface area contributed by atoms with Gasteiger partial charge in [-0.3, -0.25) is 4.79 Å². The van der Waals surface area contributed by atoms with Crippen LogP contribution in [0.2, 0.25) is 0 Å². The number of fused-ring (bicyclic) bond motifs is 1. The number of aromatic nitrogens is 2. The standard InChI is InChI=1S/C15H17N3O4/c1-2-14(19)12-7-16-18-8-11(3-4-13(12)18)21-6-5-10-9-22-15(20)17-10/h3-4,7-8,10H,2,5-6,9H2,1H3,(H,17,20)/t10-/m0/s1. The number of rotatable bonds is 6. The predicted molar refractivity (Wildman–Crippen MR) is 78.2 cm³/mol. The monoisotopic (exact) mass is 303 g/mol. The highest BCUT2D eigenvalue weighted by atomic mass is 16.6. The maximum Gasteiger partial charge on any atom is 0.407 e. The Balaban J connectivity index is 1.63. The van der Waals surface area contributed by atoms with Crippen LogP contribution in [0.1, 0.15) is 30.1 Å². The fourth-order valence-electron chi connectivity index (χ4n) is 2.36. The lowest BCUT2D eigenvalue weighted by molar-refractivity contribution is 0.0989. The zero-order valence-electron chi connectivity index (χ0n) is 12.2. The van der Waals surface area contributed by atoms with E-state index in [1.54, 1.807) is 16.9 Å². The van der Waals surface area contributed by atoms with E-state index < -0.39 is 0 Å². The van der Waals surface area contributed by atoms with Crippen LogP contribution in [0.3, 0.4) is 0 Å². The number of carbonyl (C=O) groups excluding carboxylic acids is 2. The molecule has 3 rings (SSSR count). The number of Topliss-reactive ketones (excluding diaryl/α,β-unsaturated/α-hetero) is 1. The minimum absolute atomic E-state index is 0.00490. The van der Waals surface area contributed by atoms with Gasteiger partial charge in [-0.2, -0.15) is 5.10 Å². The lowest BCUT2D eigenvalue weighted by Gasteiger charge is -2.09. The van der Waals surface area contributed by atoms with E-state index in [1.165, 1.54) is 0 Å². The Morgan fingerprint density at radius 3 is 3.14 bits per heavy atom. The molecule has 0 saturated carbocycles. The molecule has 0 bridgehead atoms. The van der Waals surface area contributed by atoms with Gasteiger partial charge in [-0.15, -0.1) is 0 Å². The van der Waals surface area contributed by atoms with Crippen LogP contribution in [0.5, 0.6) is 5.75 Å². The van der Waals surface area contributed by atoms with Crippen molar-refractivity contribution in [2.75, 3.05) is 13.2 Å². The first-order valence-electron chi connectivity index (χ1n) is 7.24. The van der Waals surface area contributed by atoms with Gasteiger partial charge in [0.1, 0.15) is 12.4 Å². The second kappa shape index (κ2) is 6.05. The van der Waals surface area contributed by atoms with Crippen molar-refractivity contribution in [1.29, 1.82) is 0 Å². The highest BCUT2D eigenvalue weighted by molar-refractivity contribution is 6.01. The first-order valence-corrected chi connectivity index (χ1v) is 7.24. The summed E-state index contributed by atoms with van der Waals surface area (Å²) in [6.07, 6.45) is 4.06. The van der Waals surface area contributed by atoms with Gasteiger partial charge in [0.15, 0.2) is 5.78 Å². The molecule has 116 valence electrons. The molecule has 1 fully saturated rings. The van der Waals surface area contributed by atoms with Crippen molar-refractivity contribution in [2.45, 2.75) is 25.8 Å². The van der Waals surface area contributed by atoms with E-state index in [-0.39, 0.29) is 17.9 Å². The molecule has 0 unspecified atom stereocenters. The van der Waals surface area contributed by atoms with Crippen molar-refractivity contribution in [1.82, 2.24) is 14.9 Å². The van der Waals surface area contributed by atoms with Crippen LogP contribution in [0.25, 0.3) is 5.52 Å². The third-order valence-electron chi connectivity index (χ3n) is 3.58. The van der Waals surface area contributed by atoms with Crippen LogP contribution < -0.4 is 10.1 Å². The molecule has 1 saturated heterocycles. The molecular weight excluding hydrogens is 286 g/mol. The van der Waals surface area contributed by atoms with Gasteiger partial charge in [-0.05, 0) is 12.1 Å². The fraction of sp³-hybridized carbons (Fsp3) is 0.400. The molecule has 1 amide bonds. The second-order valence-electron chi connectivity index (χ2n) is 5.11. The maximum absolute atomic E-state index is 11.8. The molecule has 1 aliphatic rings. The minimum atomic E-state index is -0.379. The molecule has 3 heterocycles. The molecule has 0 aliphatic carbocycles. The average molecular weight is 303 g/mol. The zero-order valence-corrected chi connectivity index (χ0v) is 12.2. The Labute approximate surface area is 127 Å². The lowest BCUT2D eigenvalue weighted by Crippen LogP contribution is -2.27. The fourth-order valence-corrected chi connectivity index (χ4v) is 2.36. The van der Waals surface area contributed by atoms with E-state index in [2.05, 4.69) is 10.4 Å². The van der Waals surface area contributed by atoms with E-state index in [1.807, 2.05) is 19.1 Å². The third kappa shape index (κ3) is 2.88. The quantitative estimate of drug-likeness (QED) is 0.823. The van der Waals surface area contributed by atoms with E-state index in [0.29, 0.717) is 37.4 Å². The van der Waals surface area contributed by atoms with Crippen molar-refractivity contribution >= 4 is 17.4 Å². The van der Waals surface area contributed by atoms with Gasteiger partial charge in [0.05, 0.1) is 36.1 Å². The van der Waals surface area contributed by atoms with Crippen LogP contribution in [0.4, 0.5) is 4.79 Å². The van der Waals surface area contributed by atoms with E-state index in [4.69, 9.17) is 9.47 Å². The summed E-state index contributed by atoms with van der Waals surface area (Å²) >= 11 is 0. The summed E-state index contributed by atoms with van der Waals surface area (Å²) in [5.74, 6) is 0.733. The Bertz CT molecular complexity index is 710. The van der Waals surface area contributed by atoms with Gasteiger partial charge in [-0.25, -0.2) is 9.31 Å². The maximum atomic E-state index is 11.8.